The molecule has 9 heteroatoms. The van der Waals surface area contributed by atoms with Crippen molar-refractivity contribution in [3.63, 3.8) is 0 Å². The Morgan fingerprint density at radius 1 is 1.50 bits per heavy atom. The van der Waals surface area contributed by atoms with Crippen molar-refractivity contribution in [1.82, 2.24) is 0 Å². The zero-order chi connectivity index (χ0) is 13.9. The lowest BCUT2D eigenvalue weighted by molar-refractivity contribution is -0.386. The summed E-state index contributed by atoms with van der Waals surface area (Å²) in [6.07, 6.45) is 0.0720. The quantitative estimate of drug-likeness (QED) is 0.491. The fourth-order valence-corrected chi connectivity index (χ4v) is 1.20. The molecule has 7 nitrogen and oxygen atoms in total. The summed E-state index contributed by atoms with van der Waals surface area (Å²) < 4.78 is 27.9. The number of rotatable bonds is 5. The van der Waals surface area contributed by atoms with Crippen molar-refractivity contribution in [2.24, 2.45) is 0 Å². The van der Waals surface area contributed by atoms with E-state index >= 15 is 0 Å². The van der Waals surface area contributed by atoms with Gasteiger partial charge in [-0.05, 0) is 0 Å². The SMILES string of the molecule is O=Cc1cc([N+](=O)[O-])c(OC(F)F)cc1C(=O)O. The zero-order valence-electron chi connectivity index (χ0n) is 8.50. The van der Waals surface area contributed by atoms with Gasteiger partial charge in [0.2, 0.25) is 5.75 Å². The number of nitro benzene ring substituents is 1. The maximum atomic E-state index is 12.0. The molecular weight excluding hydrogens is 256 g/mol. The van der Waals surface area contributed by atoms with Gasteiger partial charge in [-0.25, -0.2) is 4.79 Å². The number of aromatic carboxylic acids is 1. The van der Waals surface area contributed by atoms with E-state index in [1.54, 1.807) is 0 Å². The number of carboxylic acid groups (broad SMARTS) is 1. The average molecular weight is 261 g/mol. The summed E-state index contributed by atoms with van der Waals surface area (Å²) in [5, 5.41) is 19.3. The van der Waals surface area contributed by atoms with E-state index in [2.05, 4.69) is 4.74 Å². The Morgan fingerprint density at radius 2 is 2.11 bits per heavy atom. The smallest absolute Gasteiger partial charge is 0.387 e. The van der Waals surface area contributed by atoms with Crippen molar-refractivity contribution in [1.29, 1.82) is 0 Å². The number of halogens is 2. The van der Waals surface area contributed by atoms with Gasteiger partial charge in [-0.3, -0.25) is 14.9 Å². The lowest BCUT2D eigenvalue weighted by Crippen LogP contribution is -2.09. The van der Waals surface area contributed by atoms with Gasteiger partial charge in [0.05, 0.1) is 10.5 Å². The topological polar surface area (TPSA) is 107 Å². The van der Waals surface area contributed by atoms with Gasteiger partial charge >= 0.3 is 18.3 Å². The molecule has 0 spiro atoms. The van der Waals surface area contributed by atoms with Crippen molar-refractivity contribution in [2.45, 2.75) is 6.61 Å². The van der Waals surface area contributed by atoms with Crippen molar-refractivity contribution < 1.29 is 33.1 Å². The summed E-state index contributed by atoms with van der Waals surface area (Å²) in [7, 11) is 0. The largest absolute Gasteiger partial charge is 0.478 e. The number of carboxylic acids is 1. The summed E-state index contributed by atoms with van der Waals surface area (Å²) in [5.74, 6) is -2.51. The van der Waals surface area contributed by atoms with Crippen molar-refractivity contribution >= 4 is 17.9 Å². The third kappa shape index (κ3) is 2.75. The molecule has 0 aromatic heterocycles. The highest BCUT2D eigenvalue weighted by Crippen LogP contribution is 2.31. The molecule has 0 atom stereocenters. The minimum atomic E-state index is -3.35. The monoisotopic (exact) mass is 261 g/mol. The number of nitro groups is 1. The molecule has 0 aliphatic rings. The number of ether oxygens (including phenoxy) is 1. The van der Waals surface area contributed by atoms with E-state index in [0.717, 1.165) is 0 Å². The second-order valence-electron chi connectivity index (χ2n) is 2.97. The Labute approximate surface area is 97.7 Å². The number of carbonyl (C=O) groups excluding carboxylic acids is 1. The van der Waals surface area contributed by atoms with Crippen LogP contribution in [0.1, 0.15) is 20.7 Å². The molecule has 0 unspecified atom stereocenters. The van der Waals surface area contributed by atoms with E-state index in [4.69, 9.17) is 5.11 Å². The van der Waals surface area contributed by atoms with Crippen LogP contribution in [0, 0.1) is 10.1 Å². The fraction of sp³-hybridized carbons (Fsp3) is 0.111. The first-order valence-electron chi connectivity index (χ1n) is 4.32. The van der Waals surface area contributed by atoms with Gasteiger partial charge in [-0.1, -0.05) is 0 Å². The van der Waals surface area contributed by atoms with Crippen LogP contribution in [0.25, 0.3) is 0 Å². The van der Waals surface area contributed by atoms with E-state index in [0.29, 0.717) is 12.1 Å². The third-order valence-corrected chi connectivity index (χ3v) is 1.90. The summed E-state index contributed by atoms with van der Waals surface area (Å²) >= 11 is 0. The molecule has 0 bridgehead atoms. The van der Waals surface area contributed by atoms with Crippen LogP contribution in [0.3, 0.4) is 0 Å². The predicted molar refractivity (Wildman–Crippen MR) is 52.1 cm³/mol. The van der Waals surface area contributed by atoms with Crippen molar-refractivity contribution in [3.8, 4) is 5.75 Å². The Morgan fingerprint density at radius 3 is 2.50 bits per heavy atom. The minimum absolute atomic E-state index is 0.0720. The van der Waals surface area contributed by atoms with Gasteiger partial charge in [-0.2, -0.15) is 8.78 Å². The van der Waals surface area contributed by atoms with E-state index in [9.17, 15) is 28.5 Å². The zero-order valence-corrected chi connectivity index (χ0v) is 8.50. The standard InChI is InChI=1S/C9H5F2NO6/c10-9(11)18-7-2-5(8(14)15)4(3-13)1-6(7)12(16)17/h1-3,9H,(H,14,15). The van der Waals surface area contributed by atoms with E-state index in [1.807, 2.05) is 0 Å². The van der Waals surface area contributed by atoms with Crippen LogP contribution in [-0.4, -0.2) is 28.9 Å². The van der Waals surface area contributed by atoms with Gasteiger partial charge in [0, 0.05) is 17.7 Å². The number of carbonyl (C=O) groups is 2. The fourth-order valence-electron chi connectivity index (χ4n) is 1.20. The second-order valence-corrected chi connectivity index (χ2v) is 2.97. The van der Waals surface area contributed by atoms with Gasteiger partial charge < -0.3 is 9.84 Å². The average Bonchev–Trinajstić information content (AvgIpc) is 2.27. The number of hydrogen-bond donors (Lipinski definition) is 1. The highest BCUT2D eigenvalue weighted by atomic mass is 19.3. The molecule has 1 aromatic carbocycles. The number of nitrogens with zero attached hydrogens (tertiary/aromatic N) is 1. The van der Waals surface area contributed by atoms with Crippen LogP contribution in [0.2, 0.25) is 0 Å². The van der Waals surface area contributed by atoms with Crippen LogP contribution in [0.15, 0.2) is 12.1 Å². The predicted octanol–water partition coefficient (Wildman–Crippen LogP) is 1.71. The summed E-state index contributed by atoms with van der Waals surface area (Å²) in [6, 6.07) is 1.07. The van der Waals surface area contributed by atoms with E-state index < -0.39 is 40.1 Å². The lowest BCUT2D eigenvalue weighted by atomic mass is 10.1. The molecule has 1 aromatic rings. The van der Waals surface area contributed by atoms with Gasteiger partial charge in [0.25, 0.3) is 0 Å². The number of benzene rings is 1. The van der Waals surface area contributed by atoms with E-state index in [1.165, 1.54) is 0 Å². The van der Waals surface area contributed by atoms with Gasteiger partial charge in [0.1, 0.15) is 0 Å². The lowest BCUT2D eigenvalue weighted by Gasteiger charge is -2.07. The molecule has 0 aliphatic heterocycles. The Hall–Kier alpha value is -2.58. The summed E-state index contributed by atoms with van der Waals surface area (Å²) in [4.78, 5) is 30.8. The molecule has 0 saturated heterocycles. The molecule has 0 saturated carbocycles. The second kappa shape index (κ2) is 5.17. The molecule has 0 aliphatic carbocycles. The van der Waals surface area contributed by atoms with Crippen LogP contribution < -0.4 is 4.74 Å². The first kappa shape index (κ1) is 13.5. The third-order valence-electron chi connectivity index (χ3n) is 1.90. The highest BCUT2D eigenvalue weighted by Gasteiger charge is 2.24. The first-order valence-corrected chi connectivity index (χ1v) is 4.32. The maximum absolute atomic E-state index is 12.0. The van der Waals surface area contributed by atoms with Crippen LogP contribution in [0.4, 0.5) is 14.5 Å². The molecule has 96 valence electrons. The molecule has 0 fully saturated rings. The summed E-state index contributed by atoms with van der Waals surface area (Å²) in [5.41, 5.74) is -2.08. The van der Waals surface area contributed by atoms with Crippen molar-refractivity contribution in [3.05, 3.63) is 33.4 Å². The van der Waals surface area contributed by atoms with Crippen LogP contribution in [-0.2, 0) is 0 Å². The Balaban J connectivity index is 3.46. The first-order chi connectivity index (χ1) is 8.36. The number of aldehydes is 1. The normalized spacial score (nSPS) is 10.2. The van der Waals surface area contributed by atoms with Gasteiger partial charge in [0.15, 0.2) is 6.29 Å². The van der Waals surface area contributed by atoms with Crippen molar-refractivity contribution in [2.75, 3.05) is 0 Å². The summed E-state index contributed by atoms with van der Waals surface area (Å²) in [6.45, 7) is -3.35. The maximum Gasteiger partial charge on any atom is 0.387 e. The van der Waals surface area contributed by atoms with E-state index in [-0.39, 0.29) is 6.29 Å². The molecule has 1 rings (SSSR count). The van der Waals surface area contributed by atoms with Gasteiger partial charge in [-0.15, -0.1) is 0 Å². The Kier molecular flexibility index (Phi) is 3.87. The highest BCUT2D eigenvalue weighted by molar-refractivity contribution is 5.98. The van der Waals surface area contributed by atoms with Crippen LogP contribution >= 0.6 is 0 Å². The number of alkyl halides is 2. The Bertz CT molecular complexity index is 516. The molecule has 0 heterocycles. The molecular formula is C9H5F2NO6. The minimum Gasteiger partial charge on any atom is -0.478 e. The molecule has 1 N–H and O–H groups in total. The molecule has 0 amide bonds. The number of hydrogen-bond acceptors (Lipinski definition) is 5. The molecule has 0 radical (unpaired) electrons. The molecule has 18 heavy (non-hydrogen) atoms. The van der Waals surface area contributed by atoms with Crippen LogP contribution in [0.5, 0.6) is 5.75 Å².